The number of anilines is 1. The molecule has 1 aromatic rings. The average Bonchev–Trinajstić information content (AvgIpc) is 2.72. The molecule has 0 aliphatic carbocycles. The first-order chi connectivity index (χ1) is 11.1. The van der Waals surface area contributed by atoms with Crippen LogP contribution in [-0.2, 0) is 4.79 Å². The highest BCUT2D eigenvalue weighted by molar-refractivity contribution is 7.80. The van der Waals surface area contributed by atoms with Gasteiger partial charge in [0.25, 0.3) is 0 Å². The SMILES string of the molecule is Cc1ccc(NC(=S)NCCCN2CCCCCC2=O)cc1F. The van der Waals surface area contributed by atoms with E-state index >= 15 is 0 Å². The summed E-state index contributed by atoms with van der Waals surface area (Å²) in [6.07, 6.45) is 4.76. The zero-order valence-corrected chi connectivity index (χ0v) is 14.3. The maximum Gasteiger partial charge on any atom is 0.222 e. The van der Waals surface area contributed by atoms with Gasteiger partial charge in [0.15, 0.2) is 5.11 Å². The van der Waals surface area contributed by atoms with Crippen LogP contribution >= 0.6 is 12.2 Å². The summed E-state index contributed by atoms with van der Waals surface area (Å²) < 4.78 is 13.5. The first kappa shape index (κ1) is 17.7. The topological polar surface area (TPSA) is 44.4 Å². The Hall–Kier alpha value is -1.69. The molecule has 0 atom stereocenters. The van der Waals surface area contributed by atoms with Crippen molar-refractivity contribution in [1.29, 1.82) is 0 Å². The van der Waals surface area contributed by atoms with E-state index < -0.39 is 0 Å². The van der Waals surface area contributed by atoms with Gasteiger partial charge in [0.05, 0.1) is 0 Å². The monoisotopic (exact) mass is 337 g/mol. The highest BCUT2D eigenvalue weighted by atomic mass is 32.1. The molecule has 1 aliphatic rings. The summed E-state index contributed by atoms with van der Waals surface area (Å²) in [6, 6.07) is 4.94. The van der Waals surface area contributed by atoms with Gasteiger partial charge in [-0.15, -0.1) is 0 Å². The zero-order chi connectivity index (χ0) is 16.7. The predicted octanol–water partition coefficient (Wildman–Crippen LogP) is 3.21. The number of nitrogens with one attached hydrogen (secondary N) is 2. The van der Waals surface area contributed by atoms with E-state index in [2.05, 4.69) is 10.6 Å². The van der Waals surface area contributed by atoms with Crippen LogP contribution in [0.15, 0.2) is 18.2 Å². The van der Waals surface area contributed by atoms with Gasteiger partial charge in [-0.05, 0) is 56.1 Å². The molecule has 1 aromatic carbocycles. The lowest BCUT2D eigenvalue weighted by atomic mass is 10.2. The van der Waals surface area contributed by atoms with Gasteiger partial charge in [0, 0.05) is 31.7 Å². The van der Waals surface area contributed by atoms with Crippen molar-refractivity contribution in [2.75, 3.05) is 25.0 Å². The fraction of sp³-hybridized carbons (Fsp3) is 0.529. The molecule has 1 heterocycles. The molecule has 2 rings (SSSR count). The Morgan fingerprint density at radius 3 is 2.96 bits per heavy atom. The first-order valence-corrected chi connectivity index (χ1v) is 8.56. The van der Waals surface area contributed by atoms with Crippen LogP contribution < -0.4 is 10.6 Å². The van der Waals surface area contributed by atoms with E-state index in [1.54, 1.807) is 19.1 Å². The van der Waals surface area contributed by atoms with Gasteiger partial charge in [-0.3, -0.25) is 4.79 Å². The largest absolute Gasteiger partial charge is 0.362 e. The average molecular weight is 337 g/mol. The molecule has 6 heteroatoms. The predicted molar refractivity (Wildman–Crippen MR) is 95.0 cm³/mol. The summed E-state index contributed by atoms with van der Waals surface area (Å²) in [4.78, 5) is 13.8. The lowest BCUT2D eigenvalue weighted by molar-refractivity contribution is -0.130. The lowest BCUT2D eigenvalue weighted by Crippen LogP contribution is -2.35. The summed E-state index contributed by atoms with van der Waals surface area (Å²) in [5.41, 5.74) is 1.24. The number of rotatable bonds is 5. The summed E-state index contributed by atoms with van der Waals surface area (Å²) in [7, 11) is 0. The zero-order valence-electron chi connectivity index (χ0n) is 13.5. The number of carbonyl (C=O) groups is 1. The molecule has 0 saturated carbocycles. The minimum Gasteiger partial charge on any atom is -0.362 e. The van der Waals surface area contributed by atoms with Crippen molar-refractivity contribution < 1.29 is 9.18 Å². The quantitative estimate of drug-likeness (QED) is 0.640. The van der Waals surface area contributed by atoms with E-state index in [1.807, 2.05) is 4.90 Å². The summed E-state index contributed by atoms with van der Waals surface area (Å²) in [5.74, 6) is 0.0100. The van der Waals surface area contributed by atoms with E-state index in [1.165, 1.54) is 6.07 Å². The molecule has 0 bridgehead atoms. The van der Waals surface area contributed by atoms with Crippen molar-refractivity contribution >= 4 is 28.9 Å². The molecule has 1 fully saturated rings. The normalized spacial score (nSPS) is 15.2. The van der Waals surface area contributed by atoms with Gasteiger partial charge < -0.3 is 15.5 Å². The summed E-state index contributed by atoms with van der Waals surface area (Å²) >= 11 is 5.20. The van der Waals surface area contributed by atoms with Crippen LogP contribution in [0.4, 0.5) is 10.1 Å². The smallest absolute Gasteiger partial charge is 0.222 e. The van der Waals surface area contributed by atoms with Crippen molar-refractivity contribution in [3.8, 4) is 0 Å². The third-order valence-corrected chi connectivity index (χ3v) is 4.24. The number of amides is 1. The van der Waals surface area contributed by atoms with Gasteiger partial charge in [0.1, 0.15) is 5.82 Å². The third kappa shape index (κ3) is 5.78. The maximum absolute atomic E-state index is 13.5. The van der Waals surface area contributed by atoms with Gasteiger partial charge >= 0.3 is 0 Å². The van der Waals surface area contributed by atoms with E-state index in [-0.39, 0.29) is 11.7 Å². The Morgan fingerprint density at radius 1 is 1.35 bits per heavy atom. The molecular weight excluding hydrogens is 313 g/mol. The molecule has 0 spiro atoms. The van der Waals surface area contributed by atoms with E-state index in [4.69, 9.17) is 12.2 Å². The molecule has 2 N–H and O–H groups in total. The van der Waals surface area contributed by atoms with E-state index in [0.29, 0.717) is 29.3 Å². The maximum atomic E-state index is 13.5. The second-order valence-corrected chi connectivity index (χ2v) is 6.30. The number of nitrogens with zero attached hydrogens (tertiary/aromatic N) is 1. The van der Waals surface area contributed by atoms with Crippen molar-refractivity contribution in [3.05, 3.63) is 29.6 Å². The van der Waals surface area contributed by atoms with Crippen LogP contribution in [0.3, 0.4) is 0 Å². The van der Waals surface area contributed by atoms with Gasteiger partial charge in [0.2, 0.25) is 5.91 Å². The molecule has 1 amide bonds. The minimum atomic E-state index is -0.252. The standard InChI is InChI=1S/C17H24FN3OS/c1-13-7-8-14(12-15(13)18)20-17(23)19-9-5-11-21-10-4-2-3-6-16(21)22/h7-8,12H,2-6,9-11H2,1H3,(H2,19,20,23). The highest BCUT2D eigenvalue weighted by Crippen LogP contribution is 2.13. The van der Waals surface area contributed by atoms with Crippen LogP contribution in [0, 0.1) is 12.7 Å². The summed E-state index contributed by atoms with van der Waals surface area (Å²) in [6.45, 7) is 4.03. The first-order valence-electron chi connectivity index (χ1n) is 8.15. The molecular formula is C17H24FN3OS. The number of hydrogen-bond acceptors (Lipinski definition) is 2. The van der Waals surface area contributed by atoms with Crippen LogP contribution in [0.5, 0.6) is 0 Å². The number of likely N-dealkylation sites (tertiary alicyclic amines) is 1. The number of hydrogen-bond donors (Lipinski definition) is 2. The fourth-order valence-corrected chi connectivity index (χ4v) is 2.81. The molecule has 1 saturated heterocycles. The number of carbonyl (C=O) groups excluding carboxylic acids is 1. The van der Waals surface area contributed by atoms with Crippen LogP contribution in [-0.4, -0.2) is 35.6 Å². The second-order valence-electron chi connectivity index (χ2n) is 5.89. The highest BCUT2D eigenvalue weighted by Gasteiger charge is 2.15. The van der Waals surface area contributed by atoms with Crippen molar-refractivity contribution in [3.63, 3.8) is 0 Å². The van der Waals surface area contributed by atoms with Crippen LogP contribution in [0.1, 0.15) is 37.7 Å². The Balaban J connectivity index is 1.68. The lowest BCUT2D eigenvalue weighted by Gasteiger charge is -2.20. The fourth-order valence-electron chi connectivity index (χ4n) is 2.59. The molecule has 126 valence electrons. The number of aryl methyl sites for hydroxylation is 1. The summed E-state index contributed by atoms with van der Waals surface area (Å²) in [5, 5.41) is 6.53. The van der Waals surface area contributed by atoms with Crippen molar-refractivity contribution in [1.82, 2.24) is 10.2 Å². The Labute approximate surface area is 142 Å². The molecule has 0 radical (unpaired) electrons. The van der Waals surface area contributed by atoms with E-state index in [0.717, 1.165) is 38.8 Å². The van der Waals surface area contributed by atoms with Crippen molar-refractivity contribution in [2.24, 2.45) is 0 Å². The van der Waals surface area contributed by atoms with Crippen molar-refractivity contribution in [2.45, 2.75) is 39.0 Å². The number of thiocarbonyl (C=S) groups is 1. The molecule has 1 aliphatic heterocycles. The molecule has 0 aromatic heterocycles. The van der Waals surface area contributed by atoms with Gasteiger partial charge in [-0.25, -0.2) is 4.39 Å². The molecule has 4 nitrogen and oxygen atoms in total. The molecule has 0 unspecified atom stereocenters. The Bertz CT molecular complexity index is 565. The Kier molecular flexibility index (Phi) is 6.77. The minimum absolute atomic E-state index is 0.252. The van der Waals surface area contributed by atoms with Crippen LogP contribution in [0.2, 0.25) is 0 Å². The van der Waals surface area contributed by atoms with Gasteiger partial charge in [-0.2, -0.15) is 0 Å². The number of benzene rings is 1. The Morgan fingerprint density at radius 2 is 2.17 bits per heavy atom. The third-order valence-electron chi connectivity index (χ3n) is 3.99. The number of halogens is 1. The van der Waals surface area contributed by atoms with Crippen LogP contribution in [0.25, 0.3) is 0 Å². The second kappa shape index (κ2) is 8.82. The van der Waals surface area contributed by atoms with Gasteiger partial charge in [-0.1, -0.05) is 12.5 Å². The molecule has 23 heavy (non-hydrogen) atoms. The van der Waals surface area contributed by atoms with E-state index in [9.17, 15) is 9.18 Å².